The summed E-state index contributed by atoms with van der Waals surface area (Å²) >= 11 is 0. The minimum atomic E-state index is -0.511. The molecule has 1 aromatic carbocycles. The van der Waals surface area contributed by atoms with Gasteiger partial charge in [-0.3, -0.25) is 4.90 Å². The molecule has 1 saturated heterocycles. The highest BCUT2D eigenvalue weighted by atomic mass is 16.5. The summed E-state index contributed by atoms with van der Waals surface area (Å²) in [7, 11) is 1.66. The third-order valence-corrected chi connectivity index (χ3v) is 4.40. The van der Waals surface area contributed by atoms with E-state index in [1.165, 1.54) is 12.8 Å². The molecule has 1 saturated carbocycles. The largest absolute Gasteiger partial charge is 0.496 e. The molecular formula is C16H24N2O2. The van der Waals surface area contributed by atoms with Crippen molar-refractivity contribution < 1.29 is 9.84 Å². The van der Waals surface area contributed by atoms with Crippen LogP contribution in [0.25, 0.3) is 0 Å². The van der Waals surface area contributed by atoms with E-state index >= 15 is 0 Å². The molecule has 20 heavy (non-hydrogen) atoms. The smallest absolute Gasteiger partial charge is 0.126 e. The predicted octanol–water partition coefficient (Wildman–Crippen LogP) is 2.03. The number of ether oxygens (including phenoxy) is 1. The fraction of sp³-hybridized carbons (Fsp3) is 0.625. The zero-order valence-electron chi connectivity index (χ0n) is 12.4. The van der Waals surface area contributed by atoms with Gasteiger partial charge in [-0.2, -0.15) is 0 Å². The maximum atomic E-state index is 10.1. The summed E-state index contributed by atoms with van der Waals surface area (Å²) < 4.78 is 5.41. The Morgan fingerprint density at radius 1 is 1.20 bits per heavy atom. The van der Waals surface area contributed by atoms with Crippen molar-refractivity contribution in [2.45, 2.75) is 31.9 Å². The Hall–Kier alpha value is -1.26. The molecule has 4 nitrogen and oxygen atoms in total. The molecule has 1 aromatic rings. The van der Waals surface area contributed by atoms with E-state index < -0.39 is 6.10 Å². The summed E-state index contributed by atoms with van der Waals surface area (Å²) in [5.74, 6) is 0.780. The zero-order valence-corrected chi connectivity index (χ0v) is 12.4. The zero-order chi connectivity index (χ0) is 14.1. The van der Waals surface area contributed by atoms with E-state index in [-0.39, 0.29) is 0 Å². The van der Waals surface area contributed by atoms with Gasteiger partial charge in [0.05, 0.1) is 13.2 Å². The van der Waals surface area contributed by atoms with Gasteiger partial charge < -0.3 is 14.7 Å². The first-order valence-electron chi connectivity index (χ1n) is 7.54. The number of anilines is 1. The molecule has 1 heterocycles. The molecule has 4 heteroatoms. The highest BCUT2D eigenvalue weighted by Gasteiger charge is 2.32. The van der Waals surface area contributed by atoms with Crippen LogP contribution in [0.2, 0.25) is 0 Å². The molecule has 0 aromatic heterocycles. The lowest BCUT2D eigenvalue weighted by Crippen LogP contribution is -2.47. The van der Waals surface area contributed by atoms with Crippen molar-refractivity contribution in [3.05, 3.63) is 23.8 Å². The first kappa shape index (κ1) is 13.7. The summed E-state index contributed by atoms with van der Waals surface area (Å²) in [6, 6.07) is 6.87. The molecule has 0 amide bonds. The molecule has 3 rings (SSSR count). The van der Waals surface area contributed by atoms with Crippen LogP contribution in [0.15, 0.2) is 18.2 Å². The SMILES string of the molecule is COc1cccc(N2CCN(C3CC3)CC2)c1C(C)O. The highest BCUT2D eigenvalue weighted by molar-refractivity contribution is 5.60. The monoisotopic (exact) mass is 276 g/mol. The van der Waals surface area contributed by atoms with Crippen LogP contribution in [0.4, 0.5) is 5.69 Å². The molecule has 1 unspecified atom stereocenters. The van der Waals surface area contributed by atoms with E-state index in [9.17, 15) is 5.11 Å². The Kier molecular flexibility index (Phi) is 3.85. The van der Waals surface area contributed by atoms with Crippen molar-refractivity contribution >= 4 is 5.69 Å². The molecule has 1 aliphatic carbocycles. The third-order valence-electron chi connectivity index (χ3n) is 4.40. The van der Waals surface area contributed by atoms with Crippen molar-refractivity contribution in [2.24, 2.45) is 0 Å². The Labute approximate surface area is 120 Å². The van der Waals surface area contributed by atoms with E-state index in [1.54, 1.807) is 7.11 Å². The van der Waals surface area contributed by atoms with E-state index in [2.05, 4.69) is 15.9 Å². The Morgan fingerprint density at radius 3 is 2.45 bits per heavy atom. The normalized spacial score (nSPS) is 21.9. The Morgan fingerprint density at radius 2 is 1.90 bits per heavy atom. The molecule has 0 spiro atoms. The predicted molar refractivity (Wildman–Crippen MR) is 80.4 cm³/mol. The lowest BCUT2D eigenvalue weighted by Gasteiger charge is -2.37. The Balaban J connectivity index is 1.79. The van der Waals surface area contributed by atoms with Crippen LogP contribution >= 0.6 is 0 Å². The highest BCUT2D eigenvalue weighted by Crippen LogP contribution is 2.36. The van der Waals surface area contributed by atoms with Gasteiger partial charge in [0.25, 0.3) is 0 Å². The molecule has 0 bridgehead atoms. The van der Waals surface area contributed by atoms with Gasteiger partial charge in [0.2, 0.25) is 0 Å². The van der Waals surface area contributed by atoms with Crippen LogP contribution in [0, 0.1) is 0 Å². The second-order valence-electron chi connectivity index (χ2n) is 5.82. The fourth-order valence-corrected chi connectivity index (χ4v) is 3.17. The van der Waals surface area contributed by atoms with Crippen LogP contribution in [0.1, 0.15) is 31.4 Å². The first-order chi connectivity index (χ1) is 9.70. The Bertz CT molecular complexity index is 464. The van der Waals surface area contributed by atoms with Gasteiger partial charge in [0.15, 0.2) is 0 Å². The van der Waals surface area contributed by atoms with Gasteiger partial charge in [0.1, 0.15) is 5.75 Å². The van der Waals surface area contributed by atoms with Gasteiger partial charge in [-0.05, 0) is 31.9 Å². The van der Waals surface area contributed by atoms with Crippen molar-refractivity contribution in [3.63, 3.8) is 0 Å². The molecule has 110 valence electrons. The van der Waals surface area contributed by atoms with Crippen molar-refractivity contribution in [2.75, 3.05) is 38.2 Å². The number of hydrogen-bond acceptors (Lipinski definition) is 4. The lowest BCUT2D eigenvalue weighted by atomic mass is 10.0. The van der Waals surface area contributed by atoms with Crippen LogP contribution in [0.5, 0.6) is 5.75 Å². The van der Waals surface area contributed by atoms with E-state index in [4.69, 9.17) is 4.74 Å². The van der Waals surface area contributed by atoms with Gasteiger partial charge in [0, 0.05) is 43.5 Å². The molecule has 0 radical (unpaired) electrons. The standard InChI is InChI=1S/C16H24N2O2/c1-12(19)16-14(4-3-5-15(16)20-2)18-10-8-17(9-11-18)13-6-7-13/h3-5,12-13,19H,6-11H2,1-2H3. The molecule has 1 N–H and O–H groups in total. The lowest BCUT2D eigenvalue weighted by molar-refractivity contribution is 0.193. The van der Waals surface area contributed by atoms with E-state index in [0.29, 0.717) is 0 Å². The number of aliphatic hydroxyl groups is 1. The van der Waals surface area contributed by atoms with Crippen molar-refractivity contribution in [1.82, 2.24) is 4.90 Å². The third kappa shape index (κ3) is 2.63. The minimum Gasteiger partial charge on any atom is -0.496 e. The summed E-state index contributed by atoms with van der Waals surface area (Å²) in [6.07, 6.45) is 2.23. The van der Waals surface area contributed by atoms with Crippen molar-refractivity contribution in [1.29, 1.82) is 0 Å². The average molecular weight is 276 g/mol. The van der Waals surface area contributed by atoms with Crippen LogP contribution in [0.3, 0.4) is 0 Å². The number of rotatable bonds is 4. The maximum absolute atomic E-state index is 10.1. The van der Waals surface area contributed by atoms with Gasteiger partial charge in [-0.15, -0.1) is 0 Å². The number of benzene rings is 1. The number of nitrogens with zero attached hydrogens (tertiary/aromatic N) is 2. The molecule has 2 fully saturated rings. The fourth-order valence-electron chi connectivity index (χ4n) is 3.17. The second-order valence-corrected chi connectivity index (χ2v) is 5.82. The quantitative estimate of drug-likeness (QED) is 0.913. The minimum absolute atomic E-state index is 0.511. The molecular weight excluding hydrogens is 252 g/mol. The molecule has 2 aliphatic rings. The maximum Gasteiger partial charge on any atom is 0.126 e. The summed E-state index contributed by atoms with van der Waals surface area (Å²) in [5.41, 5.74) is 2.03. The van der Waals surface area contributed by atoms with Crippen LogP contribution in [-0.2, 0) is 0 Å². The van der Waals surface area contributed by atoms with Crippen molar-refractivity contribution in [3.8, 4) is 5.75 Å². The van der Waals surface area contributed by atoms with Gasteiger partial charge in [-0.25, -0.2) is 0 Å². The summed E-state index contributed by atoms with van der Waals surface area (Å²) in [6.45, 7) is 6.12. The van der Waals surface area contributed by atoms with E-state index in [0.717, 1.165) is 49.2 Å². The van der Waals surface area contributed by atoms with Crippen LogP contribution < -0.4 is 9.64 Å². The number of aliphatic hydroxyl groups excluding tert-OH is 1. The molecule has 1 aliphatic heterocycles. The van der Waals surface area contributed by atoms with Crippen LogP contribution in [-0.4, -0.2) is 49.3 Å². The first-order valence-corrected chi connectivity index (χ1v) is 7.54. The summed E-state index contributed by atoms with van der Waals surface area (Å²) in [4.78, 5) is 4.97. The number of hydrogen-bond donors (Lipinski definition) is 1. The average Bonchev–Trinajstić information content (AvgIpc) is 3.31. The van der Waals surface area contributed by atoms with E-state index in [1.807, 2.05) is 19.1 Å². The van der Waals surface area contributed by atoms with Gasteiger partial charge in [-0.1, -0.05) is 6.07 Å². The summed E-state index contributed by atoms with van der Waals surface area (Å²) in [5, 5.41) is 10.1. The number of piperazine rings is 1. The van der Waals surface area contributed by atoms with Gasteiger partial charge >= 0.3 is 0 Å². The number of methoxy groups -OCH3 is 1. The topological polar surface area (TPSA) is 35.9 Å². The second kappa shape index (κ2) is 5.62. The molecule has 1 atom stereocenters.